The summed E-state index contributed by atoms with van der Waals surface area (Å²) in [5, 5.41) is 11.5. The maximum absolute atomic E-state index is 12.9. The van der Waals surface area contributed by atoms with E-state index in [1.807, 2.05) is 0 Å². The number of carbonyl (C=O) groups is 2. The molecular weight excluding hydrogens is 500 g/mol. The number of aromatic nitrogens is 4. The van der Waals surface area contributed by atoms with Gasteiger partial charge in [0.25, 0.3) is 11.8 Å². The Morgan fingerprint density at radius 2 is 1.81 bits per heavy atom. The molecule has 1 atom stereocenters. The van der Waals surface area contributed by atoms with Gasteiger partial charge in [-0.25, -0.2) is 19.9 Å². The van der Waals surface area contributed by atoms with E-state index < -0.39 is 5.91 Å². The predicted molar refractivity (Wildman–Crippen MR) is 139 cm³/mol. The summed E-state index contributed by atoms with van der Waals surface area (Å²) >= 11 is 6.43. The number of halogens is 1. The Labute approximate surface area is 220 Å². The summed E-state index contributed by atoms with van der Waals surface area (Å²) in [4.78, 5) is 48.1. The fraction of sp³-hybridized carbons (Fsp3) is 0.565. The number of hydrogen-bond donors (Lipinski definition) is 4. The Balaban J connectivity index is 1.38. The number of likely N-dealkylation sites (tertiary alicyclic amines) is 1. The van der Waals surface area contributed by atoms with Gasteiger partial charge in [0, 0.05) is 63.7 Å². The molecule has 2 fully saturated rings. The zero-order chi connectivity index (χ0) is 26.5. The van der Waals surface area contributed by atoms with Gasteiger partial charge in [0.2, 0.25) is 0 Å². The quantitative estimate of drug-likeness (QED) is 0.377. The van der Waals surface area contributed by atoms with E-state index >= 15 is 0 Å². The first kappa shape index (κ1) is 26.8. The maximum Gasteiger partial charge on any atom is 0.276 e. The molecule has 6 N–H and O–H groups in total. The lowest BCUT2D eigenvalue weighted by Crippen LogP contribution is -2.59. The Morgan fingerprint density at radius 1 is 1.08 bits per heavy atom. The molecule has 0 aromatic carbocycles. The number of piperidine rings is 1. The van der Waals surface area contributed by atoms with Crippen LogP contribution in [-0.4, -0.2) is 105 Å². The molecule has 2 aromatic rings. The number of rotatable bonds is 7. The third-order valence-electron chi connectivity index (χ3n) is 6.92. The molecule has 0 radical (unpaired) electrons. The number of nitrogens with two attached hydrogens (primary N) is 2. The van der Waals surface area contributed by atoms with Crippen molar-refractivity contribution in [2.75, 3.05) is 62.2 Å². The van der Waals surface area contributed by atoms with Crippen LogP contribution in [0.25, 0.3) is 0 Å². The minimum absolute atomic E-state index is 0.00824. The van der Waals surface area contributed by atoms with Gasteiger partial charge in [-0.1, -0.05) is 18.5 Å². The van der Waals surface area contributed by atoms with E-state index in [0.717, 1.165) is 25.8 Å². The van der Waals surface area contributed by atoms with E-state index in [9.17, 15) is 9.59 Å². The Bertz CT molecular complexity index is 1130. The minimum Gasteiger partial charge on any atom is -0.395 e. The van der Waals surface area contributed by atoms with Gasteiger partial charge in [-0.2, -0.15) is 0 Å². The highest BCUT2D eigenvalue weighted by molar-refractivity contribution is 6.32. The highest BCUT2D eigenvalue weighted by atomic mass is 35.5. The van der Waals surface area contributed by atoms with Crippen LogP contribution in [0.2, 0.25) is 5.15 Å². The van der Waals surface area contributed by atoms with Crippen molar-refractivity contribution in [1.82, 2.24) is 35.1 Å². The third kappa shape index (κ3) is 5.84. The van der Waals surface area contributed by atoms with Crippen LogP contribution < -0.4 is 21.7 Å². The van der Waals surface area contributed by atoms with Crippen LogP contribution in [0.5, 0.6) is 0 Å². The molecule has 0 bridgehead atoms. The molecule has 0 unspecified atom stereocenters. The van der Waals surface area contributed by atoms with Gasteiger partial charge in [-0.15, -0.1) is 0 Å². The number of aliphatic hydroxyl groups excluding tert-OH is 1. The average Bonchev–Trinajstić information content (AvgIpc) is 2.92. The second-order valence-electron chi connectivity index (χ2n) is 9.11. The molecule has 2 aliphatic rings. The van der Waals surface area contributed by atoms with E-state index in [2.05, 4.69) is 42.0 Å². The van der Waals surface area contributed by atoms with Gasteiger partial charge in [0.05, 0.1) is 6.61 Å². The summed E-state index contributed by atoms with van der Waals surface area (Å²) in [7, 11) is 0. The van der Waals surface area contributed by atoms with Crippen LogP contribution in [-0.2, 0) is 0 Å². The largest absolute Gasteiger partial charge is 0.395 e. The fourth-order valence-electron chi connectivity index (χ4n) is 5.01. The zero-order valence-corrected chi connectivity index (χ0v) is 21.6. The second kappa shape index (κ2) is 11.8. The molecule has 4 rings (SSSR count). The van der Waals surface area contributed by atoms with Crippen molar-refractivity contribution in [3.8, 4) is 0 Å². The Kier molecular flexibility index (Phi) is 8.56. The van der Waals surface area contributed by atoms with Crippen molar-refractivity contribution in [2.45, 2.75) is 38.3 Å². The van der Waals surface area contributed by atoms with Crippen molar-refractivity contribution < 1.29 is 14.7 Å². The number of nitrogens with one attached hydrogen (secondary N) is 1. The molecule has 14 heteroatoms. The molecule has 13 nitrogen and oxygen atoms in total. The summed E-state index contributed by atoms with van der Waals surface area (Å²) in [5.74, 6) is -0.113. The predicted octanol–water partition coefficient (Wildman–Crippen LogP) is 0.0119. The number of aliphatic hydroxyl groups is 1. The normalized spacial score (nSPS) is 19.2. The Morgan fingerprint density at radius 3 is 2.49 bits per heavy atom. The van der Waals surface area contributed by atoms with Crippen LogP contribution in [0.4, 0.5) is 17.5 Å². The van der Waals surface area contributed by atoms with Gasteiger partial charge in [0.1, 0.15) is 0 Å². The molecule has 0 saturated carbocycles. The van der Waals surface area contributed by atoms with Crippen LogP contribution in [0.15, 0.2) is 12.4 Å². The van der Waals surface area contributed by atoms with E-state index in [-0.39, 0.29) is 53.3 Å². The standard InChI is InChI=1S/C23H33ClN10O3/c1-2-14-13-33(21-18(24)30-16(20(26)31-21)22(36)29-7-12-35)10-11-34(14)15-3-8-32(9-4-15)23(37)17-19(25)28-6-5-27-17/h5-6,14-15,35H,2-4,7-13H2,1H3,(H2,25,28)(H2,26,31)(H,29,36)/t14-/m0/s1. The molecule has 2 aromatic heterocycles. The van der Waals surface area contributed by atoms with Crippen molar-refractivity contribution in [3.63, 3.8) is 0 Å². The lowest BCUT2D eigenvalue weighted by molar-refractivity contribution is 0.0487. The summed E-state index contributed by atoms with van der Waals surface area (Å²) in [6, 6.07) is 0.600. The molecule has 2 saturated heterocycles. The summed E-state index contributed by atoms with van der Waals surface area (Å²) in [5.41, 5.74) is 12.0. The fourth-order valence-corrected chi connectivity index (χ4v) is 5.26. The van der Waals surface area contributed by atoms with Crippen molar-refractivity contribution in [2.24, 2.45) is 0 Å². The summed E-state index contributed by atoms with van der Waals surface area (Å²) in [6.45, 7) is 5.46. The molecule has 0 aliphatic carbocycles. The van der Waals surface area contributed by atoms with E-state index in [1.165, 1.54) is 12.4 Å². The van der Waals surface area contributed by atoms with E-state index in [4.69, 9.17) is 28.2 Å². The van der Waals surface area contributed by atoms with Crippen molar-refractivity contribution in [1.29, 1.82) is 0 Å². The summed E-state index contributed by atoms with van der Waals surface area (Å²) in [6.07, 6.45) is 5.58. The summed E-state index contributed by atoms with van der Waals surface area (Å²) < 4.78 is 0. The molecule has 2 amide bonds. The van der Waals surface area contributed by atoms with Crippen LogP contribution in [0.3, 0.4) is 0 Å². The smallest absolute Gasteiger partial charge is 0.276 e. The third-order valence-corrected chi connectivity index (χ3v) is 7.18. The number of anilines is 3. The van der Waals surface area contributed by atoms with Crippen molar-refractivity contribution in [3.05, 3.63) is 28.9 Å². The number of carbonyl (C=O) groups excluding carboxylic acids is 2. The zero-order valence-electron chi connectivity index (χ0n) is 20.8. The molecule has 4 heterocycles. The van der Waals surface area contributed by atoms with E-state index in [0.29, 0.717) is 38.0 Å². The highest BCUT2D eigenvalue weighted by Crippen LogP contribution is 2.30. The van der Waals surface area contributed by atoms with Crippen LogP contribution in [0, 0.1) is 0 Å². The first-order valence-electron chi connectivity index (χ1n) is 12.4. The molecular formula is C23H33ClN10O3. The number of amides is 2. The highest BCUT2D eigenvalue weighted by Gasteiger charge is 2.35. The van der Waals surface area contributed by atoms with Crippen LogP contribution >= 0.6 is 11.6 Å². The number of hydrogen-bond acceptors (Lipinski definition) is 11. The minimum atomic E-state index is -0.532. The first-order chi connectivity index (χ1) is 17.8. The average molecular weight is 533 g/mol. The molecule has 0 spiro atoms. The van der Waals surface area contributed by atoms with Crippen LogP contribution in [0.1, 0.15) is 47.2 Å². The second-order valence-corrected chi connectivity index (χ2v) is 9.47. The van der Waals surface area contributed by atoms with Gasteiger partial charge in [-0.05, 0) is 19.3 Å². The van der Waals surface area contributed by atoms with Gasteiger partial charge >= 0.3 is 0 Å². The number of piperazine rings is 1. The van der Waals surface area contributed by atoms with Gasteiger partial charge in [0.15, 0.2) is 34.0 Å². The van der Waals surface area contributed by atoms with E-state index in [1.54, 1.807) is 4.90 Å². The Hall–Kier alpha value is -3.29. The van der Waals surface area contributed by atoms with Gasteiger partial charge < -0.3 is 31.7 Å². The number of nitrogen functional groups attached to an aromatic ring is 2. The van der Waals surface area contributed by atoms with Gasteiger partial charge in [-0.3, -0.25) is 14.5 Å². The SMILES string of the molecule is CC[C@H]1CN(c2nc(N)c(C(=O)NCCO)nc2Cl)CCN1C1CCN(C(=O)c2nccnc2N)CC1. The number of nitrogens with zero attached hydrogens (tertiary/aromatic N) is 7. The molecule has 37 heavy (non-hydrogen) atoms. The monoisotopic (exact) mass is 532 g/mol. The topological polar surface area (TPSA) is 180 Å². The molecule has 200 valence electrons. The van der Waals surface area contributed by atoms with Crippen molar-refractivity contribution >= 4 is 40.9 Å². The first-order valence-corrected chi connectivity index (χ1v) is 12.8. The molecule has 2 aliphatic heterocycles. The lowest BCUT2D eigenvalue weighted by Gasteiger charge is -2.47. The maximum atomic E-state index is 12.9. The lowest BCUT2D eigenvalue weighted by atomic mass is 9.98.